The molecule has 0 aromatic carbocycles. The lowest BCUT2D eigenvalue weighted by atomic mass is 10.1. The molecule has 5 nitrogen and oxygen atoms in total. The smallest absolute Gasteiger partial charge is 0.339 e. The van der Waals surface area contributed by atoms with Gasteiger partial charge in [0.1, 0.15) is 0 Å². The molecule has 0 bridgehead atoms. The molecule has 0 spiro atoms. The third kappa shape index (κ3) is 2.29. The van der Waals surface area contributed by atoms with Crippen LogP contribution in [0, 0.1) is 0 Å². The molecule has 0 radical (unpaired) electrons. The van der Waals surface area contributed by atoms with E-state index < -0.39 is 5.97 Å². The zero-order valence-corrected chi connectivity index (χ0v) is 10.1. The maximum Gasteiger partial charge on any atom is 0.339 e. The van der Waals surface area contributed by atoms with Gasteiger partial charge in [-0.25, -0.2) is 9.78 Å². The van der Waals surface area contributed by atoms with Crippen LogP contribution in [0.1, 0.15) is 10.4 Å². The Kier molecular flexibility index (Phi) is 3.52. The van der Waals surface area contributed by atoms with E-state index in [0.717, 1.165) is 11.1 Å². The highest BCUT2D eigenvalue weighted by molar-refractivity contribution is 5.91. The molecule has 0 fully saturated rings. The largest absolute Gasteiger partial charge is 0.481 e. The molecular formula is C13H12N2O3. The first-order chi connectivity index (χ1) is 8.76. The summed E-state index contributed by atoms with van der Waals surface area (Å²) in [6.07, 6.45) is 4.76. The number of hydrogen-bond donors (Lipinski definition) is 0. The number of pyridine rings is 2. The predicted molar refractivity (Wildman–Crippen MR) is 65.4 cm³/mol. The van der Waals surface area contributed by atoms with Gasteiger partial charge in [0.2, 0.25) is 5.88 Å². The zero-order valence-electron chi connectivity index (χ0n) is 10.1. The normalized spacial score (nSPS) is 9.89. The van der Waals surface area contributed by atoms with Crippen LogP contribution in [0.3, 0.4) is 0 Å². The first kappa shape index (κ1) is 12.0. The van der Waals surface area contributed by atoms with Crippen LogP contribution in [0.15, 0.2) is 36.8 Å². The number of aromatic nitrogens is 2. The number of hydrogen-bond acceptors (Lipinski definition) is 5. The summed E-state index contributed by atoms with van der Waals surface area (Å²) in [5, 5.41) is 0. The minimum atomic E-state index is -0.430. The van der Waals surface area contributed by atoms with Crippen molar-refractivity contribution in [2.45, 2.75) is 0 Å². The Hall–Kier alpha value is -2.43. The average molecular weight is 244 g/mol. The second-order valence-corrected chi connectivity index (χ2v) is 3.51. The quantitative estimate of drug-likeness (QED) is 0.772. The van der Waals surface area contributed by atoms with Crippen LogP contribution in [0.25, 0.3) is 11.1 Å². The molecule has 0 aliphatic heterocycles. The Labute approximate surface area is 104 Å². The van der Waals surface area contributed by atoms with Crippen molar-refractivity contribution in [1.29, 1.82) is 0 Å². The van der Waals surface area contributed by atoms with E-state index in [9.17, 15) is 4.79 Å². The molecule has 2 aromatic rings. The van der Waals surface area contributed by atoms with E-state index in [1.54, 1.807) is 18.5 Å². The first-order valence-electron chi connectivity index (χ1n) is 5.29. The van der Waals surface area contributed by atoms with Gasteiger partial charge in [-0.3, -0.25) is 4.98 Å². The third-order valence-corrected chi connectivity index (χ3v) is 2.46. The molecule has 2 heterocycles. The minimum Gasteiger partial charge on any atom is -0.481 e. The summed E-state index contributed by atoms with van der Waals surface area (Å²) in [7, 11) is 2.86. The Bertz CT molecular complexity index is 555. The molecule has 0 unspecified atom stereocenters. The van der Waals surface area contributed by atoms with Crippen molar-refractivity contribution in [2.75, 3.05) is 14.2 Å². The molecule has 0 aliphatic rings. The lowest BCUT2D eigenvalue weighted by Gasteiger charge is -2.08. The highest BCUT2D eigenvalue weighted by atomic mass is 16.5. The second kappa shape index (κ2) is 5.27. The molecule has 5 heteroatoms. The van der Waals surface area contributed by atoms with Crippen LogP contribution in [0.2, 0.25) is 0 Å². The number of methoxy groups -OCH3 is 2. The fraction of sp³-hybridized carbons (Fsp3) is 0.154. The van der Waals surface area contributed by atoms with E-state index in [-0.39, 0.29) is 0 Å². The van der Waals surface area contributed by atoms with E-state index >= 15 is 0 Å². The van der Waals surface area contributed by atoms with E-state index in [2.05, 4.69) is 14.7 Å². The molecule has 92 valence electrons. The van der Waals surface area contributed by atoms with Crippen LogP contribution < -0.4 is 4.74 Å². The number of nitrogens with zero attached hydrogens (tertiary/aromatic N) is 2. The van der Waals surface area contributed by atoms with Crippen molar-refractivity contribution in [3.63, 3.8) is 0 Å². The van der Waals surface area contributed by atoms with E-state index in [1.807, 2.05) is 12.1 Å². The predicted octanol–water partition coefficient (Wildman–Crippen LogP) is 1.94. The van der Waals surface area contributed by atoms with Crippen LogP contribution in [0.4, 0.5) is 0 Å². The van der Waals surface area contributed by atoms with Gasteiger partial charge < -0.3 is 9.47 Å². The van der Waals surface area contributed by atoms with Gasteiger partial charge in [0.05, 0.1) is 19.8 Å². The maximum atomic E-state index is 11.5. The topological polar surface area (TPSA) is 61.3 Å². The fourth-order valence-corrected chi connectivity index (χ4v) is 1.58. The van der Waals surface area contributed by atoms with Gasteiger partial charge >= 0.3 is 5.97 Å². The number of carbonyl (C=O) groups excluding carboxylic acids is 1. The van der Waals surface area contributed by atoms with Crippen molar-refractivity contribution in [1.82, 2.24) is 9.97 Å². The number of carbonyl (C=O) groups is 1. The molecule has 0 saturated carbocycles. The zero-order chi connectivity index (χ0) is 13.0. The molecule has 0 saturated heterocycles. The average Bonchev–Trinajstić information content (AvgIpc) is 2.46. The molecule has 0 N–H and O–H groups in total. The van der Waals surface area contributed by atoms with Crippen molar-refractivity contribution in [3.8, 4) is 17.0 Å². The van der Waals surface area contributed by atoms with Crippen molar-refractivity contribution in [3.05, 3.63) is 42.4 Å². The highest BCUT2D eigenvalue weighted by Gasteiger charge is 2.12. The molecule has 2 rings (SSSR count). The van der Waals surface area contributed by atoms with Gasteiger partial charge in [0.25, 0.3) is 0 Å². The molecule has 2 aromatic heterocycles. The van der Waals surface area contributed by atoms with Gasteiger partial charge in [-0.15, -0.1) is 0 Å². The minimum absolute atomic E-state index is 0.380. The second-order valence-electron chi connectivity index (χ2n) is 3.51. The maximum absolute atomic E-state index is 11.5. The third-order valence-electron chi connectivity index (χ3n) is 2.46. The van der Waals surface area contributed by atoms with Crippen LogP contribution in [-0.4, -0.2) is 30.2 Å². The van der Waals surface area contributed by atoms with Crippen molar-refractivity contribution < 1.29 is 14.3 Å². The summed E-state index contributed by atoms with van der Waals surface area (Å²) < 4.78 is 9.85. The monoisotopic (exact) mass is 244 g/mol. The summed E-state index contributed by atoms with van der Waals surface area (Å²) in [6, 6.07) is 5.33. The van der Waals surface area contributed by atoms with E-state index in [4.69, 9.17) is 4.74 Å². The van der Waals surface area contributed by atoms with Gasteiger partial charge in [-0.2, -0.15) is 0 Å². The first-order valence-corrected chi connectivity index (χ1v) is 5.29. The summed E-state index contributed by atoms with van der Waals surface area (Å²) in [5.74, 6) is 0.0225. The van der Waals surface area contributed by atoms with E-state index in [1.165, 1.54) is 20.4 Å². The Balaban J connectivity index is 2.53. The molecule has 0 aliphatic carbocycles. The summed E-state index contributed by atoms with van der Waals surface area (Å²) >= 11 is 0. The Morgan fingerprint density at radius 2 is 1.94 bits per heavy atom. The van der Waals surface area contributed by atoms with Crippen LogP contribution in [0.5, 0.6) is 5.88 Å². The SMILES string of the molecule is COC(=O)c1cnc(OC)c(-c2ccncc2)c1. The fourth-order valence-electron chi connectivity index (χ4n) is 1.58. The number of rotatable bonds is 3. The molecular weight excluding hydrogens is 232 g/mol. The summed E-state index contributed by atoms with van der Waals surface area (Å²) in [6.45, 7) is 0. The lowest BCUT2D eigenvalue weighted by molar-refractivity contribution is 0.0600. The Morgan fingerprint density at radius 3 is 2.56 bits per heavy atom. The van der Waals surface area contributed by atoms with Gasteiger partial charge in [-0.1, -0.05) is 0 Å². The van der Waals surface area contributed by atoms with Crippen LogP contribution in [-0.2, 0) is 4.74 Å². The standard InChI is InChI=1S/C13H12N2O3/c1-17-12-11(9-3-5-14-6-4-9)7-10(8-15-12)13(16)18-2/h3-8H,1-2H3. The number of ether oxygens (including phenoxy) is 2. The lowest BCUT2D eigenvalue weighted by Crippen LogP contribution is -2.03. The van der Waals surface area contributed by atoms with Gasteiger partial charge in [-0.05, 0) is 23.8 Å². The number of esters is 1. The van der Waals surface area contributed by atoms with Gasteiger partial charge in [0, 0.05) is 24.2 Å². The molecule has 0 amide bonds. The molecule has 0 atom stereocenters. The van der Waals surface area contributed by atoms with E-state index in [0.29, 0.717) is 11.4 Å². The van der Waals surface area contributed by atoms with Crippen LogP contribution >= 0.6 is 0 Å². The highest BCUT2D eigenvalue weighted by Crippen LogP contribution is 2.28. The van der Waals surface area contributed by atoms with Gasteiger partial charge in [0.15, 0.2) is 0 Å². The van der Waals surface area contributed by atoms with Crippen molar-refractivity contribution >= 4 is 5.97 Å². The van der Waals surface area contributed by atoms with Crippen molar-refractivity contribution in [2.24, 2.45) is 0 Å². The summed E-state index contributed by atoms with van der Waals surface area (Å²) in [4.78, 5) is 19.5. The Morgan fingerprint density at radius 1 is 1.22 bits per heavy atom. The summed E-state index contributed by atoms with van der Waals surface area (Å²) in [5.41, 5.74) is 1.98. The molecule has 18 heavy (non-hydrogen) atoms.